The van der Waals surface area contributed by atoms with Crippen molar-refractivity contribution in [1.29, 1.82) is 0 Å². The molecule has 2 rings (SSSR count). The predicted octanol–water partition coefficient (Wildman–Crippen LogP) is 3.25. The summed E-state index contributed by atoms with van der Waals surface area (Å²) in [7, 11) is 1.52. The van der Waals surface area contributed by atoms with Crippen LogP contribution in [-0.4, -0.2) is 18.2 Å². The first-order chi connectivity index (χ1) is 10.9. The molecule has 1 aromatic heterocycles. The Labute approximate surface area is 134 Å². The largest absolute Gasteiger partial charge is 0.496 e. The first kappa shape index (κ1) is 17.0. The Hall–Kier alpha value is -2.37. The minimum atomic E-state index is -0.363. The SMILES string of the molecule is COc1ccc(F)cc1[C@H](C)NC(=O)CCc1c(C)noc1C. The summed E-state index contributed by atoms with van der Waals surface area (Å²) in [6.07, 6.45) is 0.866. The number of nitrogens with one attached hydrogen (secondary N) is 1. The van der Waals surface area contributed by atoms with Gasteiger partial charge in [-0.2, -0.15) is 0 Å². The molecule has 0 fully saturated rings. The Kier molecular flexibility index (Phi) is 5.36. The Balaban J connectivity index is 1.99. The lowest BCUT2D eigenvalue weighted by Crippen LogP contribution is -2.27. The van der Waals surface area contributed by atoms with Gasteiger partial charge in [0.15, 0.2) is 0 Å². The zero-order chi connectivity index (χ0) is 17.0. The molecular formula is C17H21FN2O3. The summed E-state index contributed by atoms with van der Waals surface area (Å²) in [6.45, 7) is 5.47. The summed E-state index contributed by atoms with van der Waals surface area (Å²) in [5.74, 6) is 0.793. The third-order valence-electron chi connectivity index (χ3n) is 3.82. The molecular weight excluding hydrogens is 299 g/mol. The highest BCUT2D eigenvalue weighted by atomic mass is 19.1. The molecule has 0 aliphatic carbocycles. The number of hydrogen-bond acceptors (Lipinski definition) is 4. The summed E-state index contributed by atoms with van der Waals surface area (Å²) in [4.78, 5) is 12.1. The maximum absolute atomic E-state index is 13.4. The van der Waals surface area contributed by atoms with E-state index in [9.17, 15) is 9.18 Å². The first-order valence-electron chi connectivity index (χ1n) is 7.47. The van der Waals surface area contributed by atoms with Crippen molar-refractivity contribution < 1.29 is 18.4 Å². The van der Waals surface area contributed by atoms with Gasteiger partial charge in [0.25, 0.3) is 0 Å². The normalized spacial score (nSPS) is 12.0. The summed E-state index contributed by atoms with van der Waals surface area (Å²) in [5, 5.41) is 6.73. The lowest BCUT2D eigenvalue weighted by Gasteiger charge is -2.17. The molecule has 0 radical (unpaired) electrons. The van der Waals surface area contributed by atoms with E-state index < -0.39 is 0 Å². The highest BCUT2D eigenvalue weighted by Crippen LogP contribution is 2.26. The van der Waals surface area contributed by atoms with E-state index >= 15 is 0 Å². The zero-order valence-corrected chi connectivity index (χ0v) is 13.8. The number of aryl methyl sites for hydroxylation is 2. The van der Waals surface area contributed by atoms with Gasteiger partial charge in [-0.25, -0.2) is 4.39 Å². The highest BCUT2D eigenvalue weighted by molar-refractivity contribution is 5.76. The van der Waals surface area contributed by atoms with Crippen LogP contribution in [0.4, 0.5) is 4.39 Å². The van der Waals surface area contributed by atoms with Gasteiger partial charge in [0.05, 0.1) is 18.8 Å². The fourth-order valence-electron chi connectivity index (χ4n) is 2.53. The number of ether oxygens (including phenoxy) is 1. The van der Waals surface area contributed by atoms with Gasteiger partial charge in [0, 0.05) is 17.5 Å². The molecule has 0 bridgehead atoms. The summed E-state index contributed by atoms with van der Waals surface area (Å²) < 4.78 is 23.7. The van der Waals surface area contributed by atoms with E-state index in [1.54, 1.807) is 13.0 Å². The van der Waals surface area contributed by atoms with Crippen LogP contribution in [0.3, 0.4) is 0 Å². The molecule has 0 aliphatic heterocycles. The summed E-state index contributed by atoms with van der Waals surface area (Å²) >= 11 is 0. The molecule has 0 saturated carbocycles. The molecule has 6 heteroatoms. The number of amides is 1. The number of carbonyl (C=O) groups is 1. The number of methoxy groups -OCH3 is 1. The summed E-state index contributed by atoms with van der Waals surface area (Å²) in [6, 6.07) is 3.90. The molecule has 0 aliphatic rings. The van der Waals surface area contributed by atoms with Crippen LogP contribution in [0.5, 0.6) is 5.75 Å². The van der Waals surface area contributed by atoms with E-state index in [2.05, 4.69) is 10.5 Å². The number of rotatable bonds is 6. The van der Waals surface area contributed by atoms with Crippen molar-refractivity contribution in [2.75, 3.05) is 7.11 Å². The molecule has 1 heterocycles. The van der Waals surface area contributed by atoms with E-state index in [0.717, 1.165) is 17.0 Å². The second-order valence-electron chi connectivity index (χ2n) is 5.48. The zero-order valence-electron chi connectivity index (χ0n) is 13.8. The molecule has 0 saturated heterocycles. The molecule has 1 atom stereocenters. The molecule has 0 spiro atoms. The van der Waals surface area contributed by atoms with Gasteiger partial charge < -0.3 is 14.6 Å². The maximum Gasteiger partial charge on any atom is 0.220 e. The monoisotopic (exact) mass is 320 g/mol. The van der Waals surface area contributed by atoms with Gasteiger partial charge in [-0.15, -0.1) is 0 Å². The number of benzene rings is 1. The average Bonchev–Trinajstić information content (AvgIpc) is 2.83. The van der Waals surface area contributed by atoms with E-state index in [4.69, 9.17) is 9.26 Å². The van der Waals surface area contributed by atoms with Crippen molar-refractivity contribution in [3.05, 3.63) is 46.6 Å². The molecule has 1 aromatic carbocycles. The Morgan fingerprint density at radius 2 is 2.17 bits per heavy atom. The van der Waals surface area contributed by atoms with Crippen LogP contribution in [0.25, 0.3) is 0 Å². The first-order valence-corrected chi connectivity index (χ1v) is 7.47. The fraction of sp³-hybridized carbons (Fsp3) is 0.412. The standard InChI is InChI=1S/C17H21FN2O3/c1-10(15-9-13(18)5-7-16(15)22-4)19-17(21)8-6-14-11(2)20-23-12(14)3/h5,7,9-10H,6,8H2,1-4H3,(H,19,21)/t10-/m0/s1. The van der Waals surface area contributed by atoms with Crippen LogP contribution >= 0.6 is 0 Å². The van der Waals surface area contributed by atoms with Crippen LogP contribution in [-0.2, 0) is 11.2 Å². The Bertz CT molecular complexity index is 678. The van der Waals surface area contributed by atoms with E-state index in [0.29, 0.717) is 24.2 Å². The van der Waals surface area contributed by atoms with Crippen molar-refractivity contribution in [1.82, 2.24) is 10.5 Å². The van der Waals surface area contributed by atoms with Gasteiger partial charge >= 0.3 is 0 Å². The molecule has 23 heavy (non-hydrogen) atoms. The van der Waals surface area contributed by atoms with Crippen LogP contribution < -0.4 is 10.1 Å². The second kappa shape index (κ2) is 7.26. The second-order valence-corrected chi connectivity index (χ2v) is 5.48. The topological polar surface area (TPSA) is 64.4 Å². The Morgan fingerprint density at radius 3 is 2.78 bits per heavy atom. The molecule has 1 N–H and O–H groups in total. The third kappa shape index (κ3) is 4.09. The fourth-order valence-corrected chi connectivity index (χ4v) is 2.53. The minimum Gasteiger partial charge on any atom is -0.496 e. The van der Waals surface area contributed by atoms with Crippen LogP contribution in [0.1, 0.15) is 42.0 Å². The minimum absolute atomic E-state index is 0.121. The highest BCUT2D eigenvalue weighted by Gasteiger charge is 2.16. The Morgan fingerprint density at radius 1 is 1.43 bits per heavy atom. The van der Waals surface area contributed by atoms with Crippen molar-refractivity contribution in [3.8, 4) is 5.75 Å². The van der Waals surface area contributed by atoms with E-state index in [1.165, 1.54) is 19.2 Å². The van der Waals surface area contributed by atoms with Gasteiger partial charge in [0.1, 0.15) is 17.3 Å². The van der Waals surface area contributed by atoms with Gasteiger partial charge in [0.2, 0.25) is 5.91 Å². The number of carbonyl (C=O) groups excluding carboxylic acids is 1. The van der Waals surface area contributed by atoms with Crippen molar-refractivity contribution in [2.45, 2.75) is 39.7 Å². The van der Waals surface area contributed by atoms with E-state index in [1.807, 2.05) is 13.8 Å². The van der Waals surface area contributed by atoms with Gasteiger partial charge in [-0.05, 0) is 45.4 Å². The number of nitrogens with zero attached hydrogens (tertiary/aromatic N) is 1. The lowest BCUT2D eigenvalue weighted by molar-refractivity contribution is -0.121. The number of halogens is 1. The average molecular weight is 320 g/mol. The van der Waals surface area contributed by atoms with Crippen molar-refractivity contribution >= 4 is 5.91 Å². The van der Waals surface area contributed by atoms with Gasteiger partial charge in [-0.3, -0.25) is 4.79 Å². The lowest BCUT2D eigenvalue weighted by atomic mass is 10.1. The van der Waals surface area contributed by atoms with Crippen LogP contribution in [0.2, 0.25) is 0 Å². The van der Waals surface area contributed by atoms with Crippen molar-refractivity contribution in [3.63, 3.8) is 0 Å². The molecule has 5 nitrogen and oxygen atoms in total. The van der Waals surface area contributed by atoms with Crippen molar-refractivity contribution in [2.24, 2.45) is 0 Å². The quantitative estimate of drug-likeness (QED) is 0.887. The molecule has 0 unspecified atom stereocenters. The van der Waals surface area contributed by atoms with E-state index in [-0.39, 0.29) is 17.8 Å². The van der Waals surface area contributed by atoms with Crippen LogP contribution in [0.15, 0.2) is 22.7 Å². The number of aromatic nitrogens is 1. The summed E-state index contributed by atoms with van der Waals surface area (Å²) in [5.41, 5.74) is 2.37. The van der Waals surface area contributed by atoms with Gasteiger partial charge in [-0.1, -0.05) is 5.16 Å². The van der Waals surface area contributed by atoms with Crippen LogP contribution in [0, 0.1) is 19.7 Å². The number of hydrogen-bond donors (Lipinski definition) is 1. The third-order valence-corrected chi connectivity index (χ3v) is 3.82. The molecule has 2 aromatic rings. The maximum atomic E-state index is 13.4. The molecule has 124 valence electrons. The predicted molar refractivity (Wildman–Crippen MR) is 83.8 cm³/mol. The smallest absolute Gasteiger partial charge is 0.220 e. The molecule has 1 amide bonds.